The van der Waals surface area contributed by atoms with E-state index in [0.29, 0.717) is 0 Å². The first-order valence-corrected chi connectivity index (χ1v) is 7.11. The summed E-state index contributed by atoms with van der Waals surface area (Å²) in [5.41, 5.74) is 1.64. The topological polar surface area (TPSA) is 44.0 Å². The molecule has 0 aromatic heterocycles. The molecule has 0 heterocycles. The highest BCUT2D eigenvalue weighted by molar-refractivity contribution is 5.37. The molecule has 0 radical (unpaired) electrons. The molecule has 96 valence electrons. The minimum absolute atomic E-state index is 0.0509. The number of hydrogen-bond donors (Lipinski definition) is 1. The second kappa shape index (κ2) is 3.96. The molecule has 0 amide bonds. The molecule has 2 nitrogen and oxygen atoms in total. The molecular weight excluding hydrogens is 222 g/mol. The molecule has 0 spiro atoms. The van der Waals surface area contributed by atoms with E-state index < -0.39 is 5.60 Å². The van der Waals surface area contributed by atoms with Gasteiger partial charge in [-0.3, -0.25) is 0 Å². The van der Waals surface area contributed by atoms with Crippen molar-refractivity contribution in [3.8, 4) is 6.07 Å². The fourth-order valence-corrected chi connectivity index (χ4v) is 4.38. The molecule has 0 aromatic rings. The van der Waals surface area contributed by atoms with E-state index in [0.717, 1.165) is 44.9 Å². The average molecular weight is 243 g/mol. The Labute approximate surface area is 109 Å². The quantitative estimate of drug-likeness (QED) is 0.707. The van der Waals surface area contributed by atoms with Crippen LogP contribution >= 0.6 is 0 Å². The molecule has 0 unspecified atom stereocenters. The molecule has 1 saturated carbocycles. The van der Waals surface area contributed by atoms with Crippen LogP contribution < -0.4 is 0 Å². The summed E-state index contributed by atoms with van der Waals surface area (Å²) in [6.45, 7) is 2.15. The van der Waals surface area contributed by atoms with Gasteiger partial charge < -0.3 is 5.11 Å². The highest BCUT2D eigenvalue weighted by atomic mass is 16.3. The standard InChI is InChI=1S/C16H21NO/c1-12-5-9-15(11-17)6-3-8-16(18)7-2-4-13(10-12)14(15)16/h4,10,14,18H,2-3,5-9H2,1H3/t14-,15+,16+/m0/s1. The minimum atomic E-state index is -0.626. The maximum atomic E-state index is 11.0. The summed E-state index contributed by atoms with van der Waals surface area (Å²) in [7, 11) is 0. The fourth-order valence-electron chi connectivity index (χ4n) is 4.38. The summed E-state index contributed by atoms with van der Waals surface area (Å²) in [4.78, 5) is 0. The van der Waals surface area contributed by atoms with Gasteiger partial charge in [-0.25, -0.2) is 0 Å². The van der Waals surface area contributed by atoms with E-state index in [9.17, 15) is 10.4 Å². The van der Waals surface area contributed by atoms with Crippen LogP contribution in [0.25, 0.3) is 0 Å². The molecular formula is C16H21NO. The van der Waals surface area contributed by atoms with Crippen LogP contribution in [0.3, 0.4) is 0 Å². The highest BCUT2D eigenvalue weighted by Gasteiger charge is 2.55. The lowest BCUT2D eigenvalue weighted by Gasteiger charge is -2.51. The first-order valence-electron chi connectivity index (χ1n) is 7.11. The normalized spacial score (nSPS) is 43.1. The Morgan fingerprint density at radius 3 is 2.94 bits per heavy atom. The second-order valence-corrected chi connectivity index (χ2v) is 6.39. The molecule has 2 heteroatoms. The molecule has 0 bridgehead atoms. The van der Waals surface area contributed by atoms with Crippen LogP contribution in [-0.4, -0.2) is 10.7 Å². The fraction of sp³-hybridized carbons (Fsp3) is 0.688. The molecule has 0 saturated heterocycles. The van der Waals surface area contributed by atoms with Gasteiger partial charge in [0, 0.05) is 5.92 Å². The summed E-state index contributed by atoms with van der Waals surface area (Å²) in [6.07, 6.45) is 11.0. The molecule has 3 atom stereocenters. The third-order valence-electron chi connectivity index (χ3n) is 5.21. The Bertz CT molecular complexity index is 470. The third-order valence-corrected chi connectivity index (χ3v) is 5.21. The SMILES string of the molecule is CC1=CC2=CCC[C@@]3(O)CCC[C@](C#N)(CC1)[C@H]23. The Kier molecular flexibility index (Phi) is 2.64. The van der Waals surface area contributed by atoms with E-state index in [1.165, 1.54) is 11.1 Å². The first kappa shape index (κ1) is 12.0. The zero-order chi connectivity index (χ0) is 12.8. The smallest absolute Gasteiger partial charge is 0.0734 e. The van der Waals surface area contributed by atoms with Gasteiger partial charge in [-0.15, -0.1) is 0 Å². The number of allylic oxidation sites excluding steroid dienone is 3. The lowest BCUT2D eigenvalue weighted by Crippen LogP contribution is -2.52. The monoisotopic (exact) mass is 243 g/mol. The van der Waals surface area contributed by atoms with E-state index in [1.807, 2.05) is 0 Å². The number of nitrogens with zero attached hydrogens (tertiary/aromatic N) is 1. The van der Waals surface area contributed by atoms with E-state index in [1.54, 1.807) is 0 Å². The lowest BCUT2D eigenvalue weighted by atomic mass is 9.54. The van der Waals surface area contributed by atoms with Crippen molar-refractivity contribution < 1.29 is 5.11 Å². The van der Waals surface area contributed by atoms with Gasteiger partial charge in [-0.05, 0) is 57.4 Å². The van der Waals surface area contributed by atoms with Crippen molar-refractivity contribution in [1.29, 1.82) is 5.26 Å². The first-order chi connectivity index (χ1) is 8.60. The van der Waals surface area contributed by atoms with Crippen LogP contribution in [0.2, 0.25) is 0 Å². The zero-order valence-electron chi connectivity index (χ0n) is 11.1. The molecule has 0 aromatic carbocycles. The van der Waals surface area contributed by atoms with Crippen LogP contribution in [0.15, 0.2) is 23.3 Å². The average Bonchev–Trinajstić information content (AvgIpc) is 2.49. The van der Waals surface area contributed by atoms with Gasteiger partial charge in [-0.2, -0.15) is 5.26 Å². The largest absolute Gasteiger partial charge is 0.389 e. The molecule has 0 aliphatic heterocycles. The Morgan fingerprint density at radius 2 is 2.17 bits per heavy atom. The van der Waals surface area contributed by atoms with Crippen molar-refractivity contribution in [2.24, 2.45) is 11.3 Å². The van der Waals surface area contributed by atoms with Gasteiger partial charge in [0.1, 0.15) is 0 Å². The predicted octanol–water partition coefficient (Wildman–Crippen LogP) is 3.49. The number of rotatable bonds is 0. The molecule has 3 aliphatic rings. The van der Waals surface area contributed by atoms with Gasteiger partial charge >= 0.3 is 0 Å². The van der Waals surface area contributed by atoms with Crippen molar-refractivity contribution >= 4 is 0 Å². The van der Waals surface area contributed by atoms with Crippen molar-refractivity contribution in [2.45, 2.75) is 57.5 Å². The lowest BCUT2D eigenvalue weighted by molar-refractivity contribution is -0.0882. The molecule has 1 fully saturated rings. The number of nitriles is 1. The Hall–Kier alpha value is -1.07. The van der Waals surface area contributed by atoms with Crippen LogP contribution in [-0.2, 0) is 0 Å². The summed E-state index contributed by atoms with van der Waals surface area (Å²) < 4.78 is 0. The Balaban J connectivity index is 2.15. The van der Waals surface area contributed by atoms with E-state index in [4.69, 9.17) is 0 Å². The van der Waals surface area contributed by atoms with Gasteiger partial charge in [0.25, 0.3) is 0 Å². The van der Waals surface area contributed by atoms with E-state index in [-0.39, 0.29) is 11.3 Å². The minimum Gasteiger partial charge on any atom is -0.389 e. The summed E-state index contributed by atoms with van der Waals surface area (Å²) in [5, 5.41) is 20.7. The summed E-state index contributed by atoms with van der Waals surface area (Å²) >= 11 is 0. The molecule has 3 rings (SSSR count). The van der Waals surface area contributed by atoms with E-state index in [2.05, 4.69) is 25.1 Å². The van der Waals surface area contributed by atoms with Gasteiger partial charge in [0.2, 0.25) is 0 Å². The maximum absolute atomic E-state index is 11.0. The Morgan fingerprint density at radius 1 is 1.33 bits per heavy atom. The van der Waals surface area contributed by atoms with E-state index >= 15 is 0 Å². The van der Waals surface area contributed by atoms with Crippen molar-refractivity contribution in [2.75, 3.05) is 0 Å². The summed E-state index contributed by atoms with van der Waals surface area (Å²) in [5.74, 6) is 0.0509. The van der Waals surface area contributed by atoms with Gasteiger partial charge in [0.15, 0.2) is 0 Å². The summed E-state index contributed by atoms with van der Waals surface area (Å²) in [6, 6.07) is 2.60. The van der Waals surface area contributed by atoms with Crippen molar-refractivity contribution in [3.63, 3.8) is 0 Å². The van der Waals surface area contributed by atoms with Crippen molar-refractivity contribution in [3.05, 3.63) is 23.3 Å². The van der Waals surface area contributed by atoms with Crippen LogP contribution in [0.4, 0.5) is 0 Å². The van der Waals surface area contributed by atoms with Crippen LogP contribution in [0.1, 0.15) is 51.9 Å². The van der Waals surface area contributed by atoms with Crippen LogP contribution in [0, 0.1) is 22.7 Å². The molecule has 3 aliphatic carbocycles. The van der Waals surface area contributed by atoms with Crippen molar-refractivity contribution in [1.82, 2.24) is 0 Å². The zero-order valence-corrected chi connectivity index (χ0v) is 11.1. The third kappa shape index (κ3) is 1.57. The van der Waals surface area contributed by atoms with Gasteiger partial charge in [-0.1, -0.05) is 17.7 Å². The molecule has 18 heavy (non-hydrogen) atoms. The number of aliphatic hydroxyl groups is 1. The highest BCUT2D eigenvalue weighted by Crippen LogP contribution is 2.57. The number of hydrogen-bond acceptors (Lipinski definition) is 2. The predicted molar refractivity (Wildman–Crippen MR) is 70.6 cm³/mol. The molecule has 1 N–H and O–H groups in total. The van der Waals surface area contributed by atoms with Crippen LogP contribution in [0.5, 0.6) is 0 Å². The second-order valence-electron chi connectivity index (χ2n) is 6.39. The van der Waals surface area contributed by atoms with Gasteiger partial charge in [0.05, 0.1) is 17.1 Å². The maximum Gasteiger partial charge on any atom is 0.0734 e.